The zero-order valence-corrected chi connectivity index (χ0v) is 11.7. The van der Waals surface area contributed by atoms with E-state index in [9.17, 15) is 5.11 Å². The number of β-amino-alcohol motifs (C(OH)–C–C–N with tert-alkyl or cyclic N) is 1. The van der Waals surface area contributed by atoms with Crippen molar-refractivity contribution < 1.29 is 5.11 Å². The van der Waals surface area contributed by atoms with Gasteiger partial charge in [-0.2, -0.15) is 0 Å². The van der Waals surface area contributed by atoms with Gasteiger partial charge in [0, 0.05) is 24.7 Å². The van der Waals surface area contributed by atoms with Crippen LogP contribution in [0.5, 0.6) is 0 Å². The van der Waals surface area contributed by atoms with Gasteiger partial charge in [-0.1, -0.05) is 30.0 Å². The third kappa shape index (κ3) is 4.36. The summed E-state index contributed by atoms with van der Waals surface area (Å²) in [5, 5.41) is 9.79. The van der Waals surface area contributed by atoms with Gasteiger partial charge in [0.05, 0.1) is 12.6 Å². The molecule has 0 bridgehead atoms. The fraction of sp³-hybridized carbons (Fsp3) is 0.500. The molecule has 1 aromatic rings. The van der Waals surface area contributed by atoms with Gasteiger partial charge in [-0.3, -0.25) is 4.90 Å². The molecule has 0 aromatic heterocycles. The Hall–Kier alpha value is -1.34. The maximum Gasteiger partial charge on any atom is 0.0683 e. The molecule has 1 fully saturated rings. The normalized spacial score (nSPS) is 23.4. The molecule has 2 unspecified atom stereocenters. The maximum atomic E-state index is 9.79. The zero-order valence-electron chi connectivity index (χ0n) is 11.7. The number of aliphatic hydroxyl groups excluding tert-OH is 1. The van der Waals surface area contributed by atoms with E-state index in [4.69, 9.17) is 0 Å². The van der Waals surface area contributed by atoms with Crippen LogP contribution in [0.15, 0.2) is 30.3 Å². The highest BCUT2D eigenvalue weighted by Crippen LogP contribution is 2.17. The summed E-state index contributed by atoms with van der Waals surface area (Å²) in [6.45, 7) is 2.44. The highest BCUT2D eigenvalue weighted by molar-refractivity contribution is 5.33. The van der Waals surface area contributed by atoms with Crippen molar-refractivity contribution in [2.24, 2.45) is 0 Å². The topological polar surface area (TPSA) is 26.7 Å². The minimum atomic E-state index is -0.205. The summed E-state index contributed by atoms with van der Waals surface area (Å²) >= 11 is 0. The average molecular weight is 258 g/mol. The van der Waals surface area contributed by atoms with Crippen molar-refractivity contribution >= 4 is 0 Å². The quantitative estimate of drug-likeness (QED) is 0.821. The van der Waals surface area contributed by atoms with Crippen molar-refractivity contribution in [2.75, 3.05) is 33.7 Å². The van der Waals surface area contributed by atoms with Crippen LogP contribution in [0.2, 0.25) is 0 Å². The minimum Gasteiger partial charge on any atom is -0.392 e. The largest absolute Gasteiger partial charge is 0.392 e. The van der Waals surface area contributed by atoms with E-state index in [1.54, 1.807) is 0 Å². The van der Waals surface area contributed by atoms with E-state index < -0.39 is 0 Å². The first kappa shape index (κ1) is 14.1. The molecule has 1 aliphatic heterocycles. The molecule has 1 aromatic carbocycles. The number of aliphatic hydroxyl groups is 1. The first-order valence-corrected chi connectivity index (χ1v) is 6.76. The number of hydrogen-bond donors (Lipinski definition) is 1. The number of hydrogen-bond acceptors (Lipinski definition) is 3. The summed E-state index contributed by atoms with van der Waals surface area (Å²) in [7, 11) is 4.14. The molecule has 1 heterocycles. The molecule has 0 spiro atoms. The van der Waals surface area contributed by atoms with Crippen LogP contribution in [0.4, 0.5) is 0 Å². The van der Waals surface area contributed by atoms with Crippen LogP contribution in [0.1, 0.15) is 12.0 Å². The molecule has 0 radical (unpaired) electrons. The van der Waals surface area contributed by atoms with Gasteiger partial charge < -0.3 is 10.0 Å². The van der Waals surface area contributed by atoms with Gasteiger partial charge in [0.25, 0.3) is 0 Å². The molecule has 3 heteroatoms. The fourth-order valence-electron chi connectivity index (χ4n) is 2.53. The summed E-state index contributed by atoms with van der Waals surface area (Å²) < 4.78 is 0. The predicted molar refractivity (Wildman–Crippen MR) is 77.9 cm³/mol. The Morgan fingerprint density at radius 1 is 1.32 bits per heavy atom. The second kappa shape index (κ2) is 6.72. The summed E-state index contributed by atoms with van der Waals surface area (Å²) in [4.78, 5) is 4.45. The first-order valence-electron chi connectivity index (χ1n) is 6.76. The van der Waals surface area contributed by atoms with E-state index in [2.05, 4.69) is 35.7 Å². The molecule has 0 amide bonds. The molecule has 1 saturated heterocycles. The van der Waals surface area contributed by atoms with Crippen LogP contribution in [0.3, 0.4) is 0 Å². The SMILES string of the molecule is CN(C)CC1CC(O)CN1CC#Cc1ccccc1. The third-order valence-electron chi connectivity index (χ3n) is 3.37. The summed E-state index contributed by atoms with van der Waals surface area (Å²) in [6.07, 6.45) is 0.647. The van der Waals surface area contributed by atoms with Crippen molar-refractivity contribution in [3.8, 4) is 11.8 Å². The highest BCUT2D eigenvalue weighted by atomic mass is 16.3. The molecule has 2 atom stereocenters. The molecule has 3 nitrogen and oxygen atoms in total. The van der Waals surface area contributed by atoms with Crippen LogP contribution in [-0.2, 0) is 0 Å². The van der Waals surface area contributed by atoms with Crippen molar-refractivity contribution in [2.45, 2.75) is 18.6 Å². The van der Waals surface area contributed by atoms with Gasteiger partial charge in [-0.15, -0.1) is 0 Å². The molecular formula is C16H22N2O. The van der Waals surface area contributed by atoms with Gasteiger partial charge in [-0.05, 0) is 32.6 Å². The number of nitrogens with zero attached hydrogens (tertiary/aromatic N) is 2. The molecule has 2 rings (SSSR count). The lowest BCUT2D eigenvalue weighted by Gasteiger charge is -2.24. The van der Waals surface area contributed by atoms with Crippen molar-refractivity contribution in [3.05, 3.63) is 35.9 Å². The van der Waals surface area contributed by atoms with Crippen molar-refractivity contribution in [1.82, 2.24) is 9.80 Å². The lowest BCUT2D eigenvalue weighted by atomic mass is 10.2. The van der Waals surface area contributed by atoms with Crippen LogP contribution < -0.4 is 0 Å². The molecule has 0 saturated carbocycles. The first-order chi connectivity index (χ1) is 9.15. The Labute approximate surface area is 115 Å². The molecule has 102 valence electrons. The van der Waals surface area contributed by atoms with Crippen molar-refractivity contribution in [3.63, 3.8) is 0 Å². The standard InChI is InChI=1S/C16H22N2O/c1-17(2)12-15-11-16(19)13-18(15)10-6-9-14-7-4-3-5-8-14/h3-5,7-8,15-16,19H,10-13H2,1-2H3. The highest BCUT2D eigenvalue weighted by Gasteiger charge is 2.30. The number of likely N-dealkylation sites (N-methyl/N-ethyl adjacent to an activating group) is 1. The molecule has 1 aliphatic rings. The van der Waals surface area contributed by atoms with Gasteiger partial charge in [0.2, 0.25) is 0 Å². The Balaban J connectivity index is 1.92. The van der Waals surface area contributed by atoms with Crippen LogP contribution in [0, 0.1) is 11.8 Å². The molecule has 1 N–H and O–H groups in total. The maximum absolute atomic E-state index is 9.79. The Kier molecular flexibility index (Phi) is 4.98. The average Bonchev–Trinajstić information content (AvgIpc) is 2.70. The second-order valence-electron chi connectivity index (χ2n) is 5.40. The second-order valence-corrected chi connectivity index (χ2v) is 5.40. The minimum absolute atomic E-state index is 0.205. The summed E-state index contributed by atoms with van der Waals surface area (Å²) in [6, 6.07) is 10.4. The van der Waals surface area contributed by atoms with Crippen LogP contribution in [-0.4, -0.2) is 60.8 Å². The molecule has 0 aliphatic carbocycles. The lowest BCUT2D eigenvalue weighted by molar-refractivity contribution is 0.179. The third-order valence-corrected chi connectivity index (χ3v) is 3.37. The van der Waals surface area contributed by atoms with E-state index in [1.807, 2.05) is 30.3 Å². The smallest absolute Gasteiger partial charge is 0.0683 e. The Morgan fingerprint density at radius 2 is 2.05 bits per heavy atom. The summed E-state index contributed by atoms with van der Waals surface area (Å²) in [5.41, 5.74) is 1.05. The van der Waals surface area contributed by atoms with Gasteiger partial charge in [0.15, 0.2) is 0 Å². The van der Waals surface area contributed by atoms with E-state index >= 15 is 0 Å². The lowest BCUT2D eigenvalue weighted by Crippen LogP contribution is -2.37. The monoisotopic (exact) mass is 258 g/mol. The van der Waals surface area contributed by atoms with Crippen LogP contribution in [0.25, 0.3) is 0 Å². The van der Waals surface area contributed by atoms with Crippen LogP contribution >= 0.6 is 0 Å². The molecular weight excluding hydrogens is 236 g/mol. The van der Waals surface area contributed by atoms with E-state index in [0.717, 1.165) is 31.6 Å². The van der Waals surface area contributed by atoms with E-state index in [0.29, 0.717) is 6.04 Å². The zero-order chi connectivity index (χ0) is 13.7. The number of rotatable bonds is 3. The van der Waals surface area contributed by atoms with Crippen molar-refractivity contribution in [1.29, 1.82) is 0 Å². The van der Waals surface area contributed by atoms with Gasteiger partial charge in [-0.25, -0.2) is 0 Å². The van der Waals surface area contributed by atoms with Gasteiger partial charge in [0.1, 0.15) is 0 Å². The van der Waals surface area contributed by atoms with E-state index in [-0.39, 0.29) is 6.10 Å². The molecule has 19 heavy (non-hydrogen) atoms. The Morgan fingerprint density at radius 3 is 2.74 bits per heavy atom. The van der Waals surface area contributed by atoms with E-state index in [1.165, 1.54) is 0 Å². The van der Waals surface area contributed by atoms with Gasteiger partial charge >= 0.3 is 0 Å². The number of benzene rings is 1. The summed E-state index contributed by atoms with van der Waals surface area (Å²) in [5.74, 6) is 6.39. The predicted octanol–water partition coefficient (Wildman–Crippen LogP) is 1.03. The fourth-order valence-corrected chi connectivity index (χ4v) is 2.53. The number of likely N-dealkylation sites (tertiary alicyclic amines) is 1. The Bertz CT molecular complexity index is 447.